The minimum absolute atomic E-state index is 0.0240. The van der Waals surface area contributed by atoms with Crippen molar-refractivity contribution in [3.8, 4) is 11.5 Å². The number of hydrogen-bond acceptors (Lipinski definition) is 9. The molecule has 17 heteroatoms. The Kier molecular flexibility index (Phi) is 10.3. The van der Waals surface area contributed by atoms with Crippen LogP contribution in [0.3, 0.4) is 0 Å². The number of nitrogens with zero attached hydrogens (tertiary/aromatic N) is 2. The molecule has 13 nitrogen and oxygen atoms in total. The molecule has 0 bridgehead atoms. The monoisotopic (exact) mass is 829 g/mol. The highest BCUT2D eigenvalue weighted by atomic mass is 32.2. The Morgan fingerprint density at radius 1 is 1.07 bits per heavy atom. The minimum Gasteiger partial charge on any atom is -0.593 e. The third-order valence-electron chi connectivity index (χ3n) is 13.0. The zero-order valence-electron chi connectivity index (χ0n) is 32.9. The maximum Gasteiger partial charge on any atom is 0.573 e. The zero-order valence-corrected chi connectivity index (χ0v) is 33.7. The molecule has 8 rings (SSSR count). The lowest BCUT2D eigenvalue weighted by atomic mass is 9.82. The number of halogens is 3. The van der Waals surface area contributed by atoms with Crippen molar-refractivity contribution in [2.45, 2.75) is 151 Å². The summed E-state index contributed by atoms with van der Waals surface area (Å²) in [6, 6.07) is 1.79. The number of nitrogens with one attached hydrogen (secondary N) is 3. The van der Waals surface area contributed by atoms with Gasteiger partial charge in [0.2, 0.25) is 11.8 Å². The Labute approximate surface area is 337 Å². The van der Waals surface area contributed by atoms with Crippen LogP contribution in [0.15, 0.2) is 30.4 Å². The highest BCUT2D eigenvalue weighted by molar-refractivity contribution is 7.91. The molecule has 3 aliphatic heterocycles. The van der Waals surface area contributed by atoms with Crippen molar-refractivity contribution in [2.75, 3.05) is 6.54 Å². The average molecular weight is 830 g/mol. The number of allylic oxidation sites excluding steroid dienone is 1. The number of alkyl carbamates (subject to hydrolysis) is 1. The van der Waals surface area contributed by atoms with Crippen molar-refractivity contribution in [3.05, 3.63) is 41.6 Å². The average Bonchev–Trinajstić information content (AvgIpc) is 4.04. The summed E-state index contributed by atoms with van der Waals surface area (Å²) in [7, 11) is 0. The summed E-state index contributed by atoms with van der Waals surface area (Å²) in [4.78, 5) is 62.7. The summed E-state index contributed by atoms with van der Waals surface area (Å²) >= 11 is -1.66. The number of hydrogen-bond donors (Lipinski definition) is 3. The van der Waals surface area contributed by atoms with Crippen molar-refractivity contribution >= 4 is 46.1 Å². The number of fused-ring (bicyclic) bond motifs is 5. The second-order valence-electron chi connectivity index (χ2n) is 17.6. The smallest absolute Gasteiger partial charge is 0.573 e. The molecule has 3 saturated carbocycles. The topological polar surface area (TPSA) is 171 Å². The molecule has 0 unspecified atom stereocenters. The van der Waals surface area contributed by atoms with Gasteiger partial charge in [0.25, 0.3) is 5.91 Å². The number of ether oxygens (including phenoxy) is 3. The fraction of sp³-hybridized carbons (Fsp3) is 0.634. The first-order valence-electron chi connectivity index (χ1n) is 20.3. The number of carbonyl (C=O) groups is 4. The van der Waals surface area contributed by atoms with Gasteiger partial charge in [-0.15, -0.1) is 13.2 Å². The van der Waals surface area contributed by atoms with Gasteiger partial charge in [0.1, 0.15) is 45.1 Å². The van der Waals surface area contributed by atoms with Gasteiger partial charge >= 0.3 is 12.5 Å². The van der Waals surface area contributed by atoms with Gasteiger partial charge in [-0.3, -0.25) is 14.4 Å². The van der Waals surface area contributed by atoms with E-state index in [-0.39, 0.29) is 25.3 Å². The highest BCUT2D eigenvalue weighted by Crippen LogP contribution is 2.49. The lowest BCUT2D eigenvalue weighted by Crippen LogP contribution is -2.59. The lowest BCUT2D eigenvalue weighted by Gasteiger charge is -2.38. The molecule has 4 fully saturated rings. The Hall–Kier alpha value is -4.25. The SMILES string of the molecule is Cc1nc2ccc(OC(F)(F)F)cc2c2c1O[C@]1(CC2)C[C@H]2C(=O)N[C@]3(C(=O)N[S@+]([O-])C4(C)CC4)C[C@H]3/C=C\CCCCC[C@H](NC(=O)OC3(C)CCC3)C(=O)N2C1. The van der Waals surface area contributed by atoms with Crippen LogP contribution >= 0.6 is 0 Å². The predicted molar refractivity (Wildman–Crippen MR) is 206 cm³/mol. The molecular weight excluding hydrogens is 780 g/mol. The number of alkyl halides is 3. The number of aryl methyl sites for hydroxylation is 2. The van der Waals surface area contributed by atoms with E-state index in [4.69, 9.17) is 9.47 Å². The summed E-state index contributed by atoms with van der Waals surface area (Å²) < 4.78 is 71.5. The van der Waals surface area contributed by atoms with Crippen LogP contribution in [-0.2, 0) is 36.9 Å². The lowest BCUT2D eigenvalue weighted by molar-refractivity contribution is -0.274. The van der Waals surface area contributed by atoms with Crippen LogP contribution in [0.1, 0.15) is 109 Å². The molecule has 4 amide bonds. The summed E-state index contributed by atoms with van der Waals surface area (Å²) in [5.74, 6) is -2.03. The molecule has 58 heavy (non-hydrogen) atoms. The quantitative estimate of drug-likeness (QED) is 0.238. The van der Waals surface area contributed by atoms with Gasteiger partial charge in [-0.2, -0.15) is 4.72 Å². The van der Waals surface area contributed by atoms with Gasteiger partial charge in [-0.05, 0) is 96.8 Å². The van der Waals surface area contributed by atoms with E-state index in [1.807, 2.05) is 26.0 Å². The third-order valence-corrected chi connectivity index (χ3v) is 14.7. The summed E-state index contributed by atoms with van der Waals surface area (Å²) in [5.41, 5.74) is -1.54. The number of aromatic nitrogens is 1. The number of amides is 4. The van der Waals surface area contributed by atoms with E-state index in [0.29, 0.717) is 79.3 Å². The van der Waals surface area contributed by atoms with Crippen LogP contribution in [0.5, 0.6) is 11.5 Å². The second kappa shape index (κ2) is 14.8. The van der Waals surface area contributed by atoms with Crippen LogP contribution in [0, 0.1) is 12.8 Å². The molecule has 1 spiro atoms. The first kappa shape index (κ1) is 40.5. The second-order valence-corrected chi connectivity index (χ2v) is 19.3. The third kappa shape index (κ3) is 8.04. The van der Waals surface area contributed by atoms with Crippen molar-refractivity contribution in [3.63, 3.8) is 0 Å². The van der Waals surface area contributed by atoms with E-state index in [1.165, 1.54) is 23.1 Å². The molecule has 6 aliphatic rings. The van der Waals surface area contributed by atoms with E-state index in [2.05, 4.69) is 25.1 Å². The Morgan fingerprint density at radius 2 is 1.84 bits per heavy atom. The number of carbonyl (C=O) groups excluding carboxylic acids is 4. The summed E-state index contributed by atoms with van der Waals surface area (Å²) in [6.45, 7) is 5.37. The van der Waals surface area contributed by atoms with Crippen LogP contribution < -0.4 is 24.8 Å². The van der Waals surface area contributed by atoms with Crippen LogP contribution in [0.4, 0.5) is 18.0 Å². The molecule has 1 saturated heterocycles. The Morgan fingerprint density at radius 3 is 2.55 bits per heavy atom. The van der Waals surface area contributed by atoms with Crippen molar-refractivity contribution in [1.29, 1.82) is 0 Å². The molecule has 4 heterocycles. The molecule has 1 aromatic carbocycles. The van der Waals surface area contributed by atoms with Crippen LogP contribution in [0.25, 0.3) is 10.9 Å². The van der Waals surface area contributed by atoms with Gasteiger partial charge in [0.05, 0.1) is 29.1 Å². The Bertz CT molecular complexity index is 2040. The van der Waals surface area contributed by atoms with Gasteiger partial charge < -0.3 is 34.3 Å². The Balaban J connectivity index is 1.12. The molecule has 3 aliphatic carbocycles. The van der Waals surface area contributed by atoms with Gasteiger partial charge in [0.15, 0.2) is 0 Å². The maximum atomic E-state index is 14.8. The van der Waals surface area contributed by atoms with E-state index < -0.39 is 80.9 Å². The first-order valence-corrected chi connectivity index (χ1v) is 21.5. The maximum absolute atomic E-state index is 14.8. The molecular formula is C41H50F3N5O8S. The van der Waals surface area contributed by atoms with Gasteiger partial charge in [0, 0.05) is 36.1 Å². The van der Waals surface area contributed by atoms with Crippen molar-refractivity contribution in [2.24, 2.45) is 5.92 Å². The number of rotatable bonds is 6. The fourth-order valence-corrected chi connectivity index (χ4v) is 9.99. The fourth-order valence-electron chi connectivity index (χ4n) is 8.92. The van der Waals surface area contributed by atoms with E-state index >= 15 is 0 Å². The van der Waals surface area contributed by atoms with E-state index in [0.717, 1.165) is 25.7 Å². The molecule has 2 aromatic rings. The molecule has 314 valence electrons. The van der Waals surface area contributed by atoms with E-state index in [1.54, 1.807) is 6.92 Å². The normalized spacial score (nSPS) is 31.1. The first-order chi connectivity index (χ1) is 27.4. The standard InChI is InChI=1S/C41H50F3N5O8S/c1-24-32-27(28-20-26(55-41(42,43)44)12-13-29(28)45-24)14-17-39(56-32)22-31-33(50)47-40(35(52)48-58(54)38(3)18-19-38)21-25(40)10-7-5-4-6-8-11-30(34(51)49(31)23-39)46-36(53)57-37(2)15-9-16-37/h7,10,12-13,20,25,30-31H,4-6,8-9,11,14-19,21-23H2,1-3H3,(H,46,53)(H,47,50)(H,48,52)/b10-7-/t25-,30+,31+,39-,40-,58-/m1/s1. The summed E-state index contributed by atoms with van der Waals surface area (Å²) in [5, 5.41) is 6.24. The van der Waals surface area contributed by atoms with Gasteiger partial charge in [-0.1, -0.05) is 25.0 Å². The number of benzene rings is 1. The number of pyridine rings is 1. The summed E-state index contributed by atoms with van der Waals surface area (Å²) in [6.07, 6.45) is 6.22. The van der Waals surface area contributed by atoms with Crippen LogP contribution in [-0.4, -0.2) is 84.7 Å². The molecule has 0 radical (unpaired) electrons. The zero-order chi connectivity index (χ0) is 41.3. The van der Waals surface area contributed by atoms with E-state index in [9.17, 15) is 36.9 Å². The largest absolute Gasteiger partial charge is 0.593 e. The molecule has 6 atom stereocenters. The predicted octanol–water partition coefficient (Wildman–Crippen LogP) is 5.87. The van der Waals surface area contributed by atoms with Crippen molar-refractivity contribution < 1.29 is 51.1 Å². The van der Waals surface area contributed by atoms with Gasteiger partial charge in [-0.25, -0.2) is 9.78 Å². The highest BCUT2D eigenvalue weighted by Gasteiger charge is 2.64. The molecule has 1 aromatic heterocycles. The molecule has 3 N–H and O–H groups in total. The minimum atomic E-state index is -4.89. The van der Waals surface area contributed by atoms with Crippen LogP contribution in [0.2, 0.25) is 0 Å². The van der Waals surface area contributed by atoms with Crippen molar-refractivity contribution in [1.82, 2.24) is 25.2 Å².